The van der Waals surface area contributed by atoms with Crippen molar-refractivity contribution in [3.8, 4) is 0 Å². The second-order valence-electron chi connectivity index (χ2n) is 2.40. The van der Waals surface area contributed by atoms with Gasteiger partial charge < -0.3 is 5.32 Å². The molecule has 58 valence electrons. The molecule has 0 atom stereocenters. The van der Waals surface area contributed by atoms with E-state index in [9.17, 15) is 0 Å². The average Bonchev–Trinajstić information content (AvgIpc) is 1.87. The molecular weight excluding hydrogens is 124 g/mol. The molecular formula is C8H16N2. The van der Waals surface area contributed by atoms with Crippen LogP contribution in [0.5, 0.6) is 0 Å². The van der Waals surface area contributed by atoms with Crippen LogP contribution in [0.3, 0.4) is 0 Å². The molecule has 0 bridgehead atoms. The monoisotopic (exact) mass is 140 g/mol. The van der Waals surface area contributed by atoms with Crippen LogP contribution in [0.15, 0.2) is 16.9 Å². The fourth-order valence-corrected chi connectivity index (χ4v) is 0.650. The first-order valence-corrected chi connectivity index (χ1v) is 3.58. The van der Waals surface area contributed by atoms with Gasteiger partial charge in [0.2, 0.25) is 0 Å². The summed E-state index contributed by atoms with van der Waals surface area (Å²) >= 11 is 0. The summed E-state index contributed by atoms with van der Waals surface area (Å²) < 4.78 is 0. The summed E-state index contributed by atoms with van der Waals surface area (Å²) in [4.78, 5) is 4.19. The zero-order chi connectivity index (χ0) is 7.98. The van der Waals surface area contributed by atoms with Crippen molar-refractivity contribution >= 4 is 6.21 Å². The Morgan fingerprint density at radius 2 is 2.10 bits per heavy atom. The van der Waals surface area contributed by atoms with E-state index in [1.54, 1.807) is 0 Å². The molecule has 0 rings (SSSR count). The fourth-order valence-electron chi connectivity index (χ4n) is 0.650. The van der Waals surface area contributed by atoms with Crippen molar-refractivity contribution in [2.24, 2.45) is 10.9 Å². The van der Waals surface area contributed by atoms with Gasteiger partial charge in [0.15, 0.2) is 0 Å². The molecule has 0 aromatic carbocycles. The van der Waals surface area contributed by atoms with Crippen molar-refractivity contribution in [2.75, 3.05) is 7.05 Å². The lowest BCUT2D eigenvalue weighted by atomic mass is 10.1. The van der Waals surface area contributed by atoms with Gasteiger partial charge in [-0.15, -0.1) is 0 Å². The van der Waals surface area contributed by atoms with Crippen LogP contribution in [-0.4, -0.2) is 13.3 Å². The first-order chi connectivity index (χ1) is 4.72. The fraction of sp³-hybridized carbons (Fsp3) is 0.625. The van der Waals surface area contributed by atoms with Crippen LogP contribution in [0.1, 0.15) is 20.8 Å². The van der Waals surface area contributed by atoms with Crippen LogP contribution in [0.4, 0.5) is 0 Å². The lowest BCUT2D eigenvalue weighted by Gasteiger charge is -2.03. The molecule has 0 amide bonds. The Balaban J connectivity index is 4.11. The molecule has 0 radical (unpaired) electrons. The molecule has 0 unspecified atom stereocenters. The molecule has 2 heteroatoms. The van der Waals surface area contributed by atoms with Crippen LogP contribution < -0.4 is 5.32 Å². The highest BCUT2D eigenvalue weighted by molar-refractivity contribution is 5.55. The lowest BCUT2D eigenvalue weighted by Crippen LogP contribution is -1.99. The van der Waals surface area contributed by atoms with E-state index in [1.807, 2.05) is 26.4 Å². The standard InChI is InChI=1S/C8H16N2/c1-5-10-8(6-9-4)7(2)3/h5-7,9H,1-4H3/b8-6-,10-5-. The molecule has 0 aliphatic carbocycles. The summed E-state index contributed by atoms with van der Waals surface area (Å²) in [5.41, 5.74) is 1.09. The Kier molecular flexibility index (Phi) is 4.63. The molecule has 0 aliphatic rings. The van der Waals surface area contributed by atoms with Gasteiger partial charge in [-0.05, 0) is 12.8 Å². The third kappa shape index (κ3) is 3.28. The van der Waals surface area contributed by atoms with Crippen molar-refractivity contribution in [2.45, 2.75) is 20.8 Å². The summed E-state index contributed by atoms with van der Waals surface area (Å²) in [6.45, 7) is 6.16. The van der Waals surface area contributed by atoms with Gasteiger partial charge in [0.1, 0.15) is 0 Å². The highest BCUT2D eigenvalue weighted by Crippen LogP contribution is 2.08. The molecule has 10 heavy (non-hydrogen) atoms. The number of aliphatic imine (C=N–C) groups is 1. The Hall–Kier alpha value is -0.790. The second kappa shape index (κ2) is 5.03. The summed E-state index contributed by atoms with van der Waals surface area (Å²) in [6.07, 6.45) is 3.73. The zero-order valence-electron chi connectivity index (χ0n) is 7.18. The quantitative estimate of drug-likeness (QED) is 0.594. The van der Waals surface area contributed by atoms with Crippen LogP contribution in [0, 0.1) is 5.92 Å². The minimum absolute atomic E-state index is 0.489. The predicted octanol–water partition coefficient (Wildman–Crippen LogP) is 1.79. The average molecular weight is 140 g/mol. The smallest absolute Gasteiger partial charge is 0.0581 e. The minimum Gasteiger partial charge on any atom is -0.393 e. The normalized spacial score (nSPS) is 13.1. The van der Waals surface area contributed by atoms with Crippen molar-refractivity contribution in [1.29, 1.82) is 0 Å². The molecule has 0 aromatic heterocycles. The number of hydrogen-bond acceptors (Lipinski definition) is 2. The number of allylic oxidation sites excluding steroid dienone is 1. The maximum absolute atomic E-state index is 4.19. The molecule has 0 spiro atoms. The van der Waals surface area contributed by atoms with Gasteiger partial charge in [-0.2, -0.15) is 0 Å². The van der Waals surface area contributed by atoms with Gasteiger partial charge in [-0.1, -0.05) is 13.8 Å². The van der Waals surface area contributed by atoms with Gasteiger partial charge in [0.25, 0.3) is 0 Å². The van der Waals surface area contributed by atoms with Crippen molar-refractivity contribution in [1.82, 2.24) is 5.32 Å². The van der Waals surface area contributed by atoms with E-state index in [-0.39, 0.29) is 0 Å². The van der Waals surface area contributed by atoms with Crippen LogP contribution >= 0.6 is 0 Å². The van der Waals surface area contributed by atoms with E-state index in [0.29, 0.717) is 5.92 Å². The molecule has 0 aromatic rings. The summed E-state index contributed by atoms with van der Waals surface area (Å²) in [6, 6.07) is 0. The van der Waals surface area contributed by atoms with Gasteiger partial charge in [-0.25, -0.2) is 0 Å². The molecule has 2 nitrogen and oxygen atoms in total. The summed E-state index contributed by atoms with van der Waals surface area (Å²) in [7, 11) is 1.88. The van der Waals surface area contributed by atoms with Gasteiger partial charge in [0, 0.05) is 19.5 Å². The molecule has 0 saturated heterocycles. The summed E-state index contributed by atoms with van der Waals surface area (Å²) in [5.74, 6) is 0.489. The highest BCUT2D eigenvalue weighted by atomic mass is 14.8. The Morgan fingerprint density at radius 1 is 1.50 bits per heavy atom. The van der Waals surface area contributed by atoms with E-state index in [0.717, 1.165) is 5.70 Å². The van der Waals surface area contributed by atoms with Crippen molar-refractivity contribution in [3.05, 3.63) is 11.9 Å². The molecule has 1 N–H and O–H groups in total. The SMILES string of the molecule is C/C=N\C(=C/NC)C(C)C. The van der Waals surface area contributed by atoms with Gasteiger partial charge in [-0.3, -0.25) is 4.99 Å². The van der Waals surface area contributed by atoms with Gasteiger partial charge in [0.05, 0.1) is 5.70 Å². The second-order valence-corrected chi connectivity index (χ2v) is 2.40. The van der Waals surface area contributed by atoms with E-state index in [4.69, 9.17) is 0 Å². The number of hydrogen-bond donors (Lipinski definition) is 1. The minimum atomic E-state index is 0.489. The molecule has 0 fully saturated rings. The molecule has 0 saturated carbocycles. The summed E-state index contributed by atoms with van der Waals surface area (Å²) in [5, 5.41) is 2.96. The van der Waals surface area contributed by atoms with E-state index < -0.39 is 0 Å². The van der Waals surface area contributed by atoms with E-state index >= 15 is 0 Å². The number of nitrogens with one attached hydrogen (secondary N) is 1. The molecule has 0 aliphatic heterocycles. The first-order valence-electron chi connectivity index (χ1n) is 3.58. The molecule has 0 heterocycles. The largest absolute Gasteiger partial charge is 0.393 e. The van der Waals surface area contributed by atoms with Crippen LogP contribution in [0.25, 0.3) is 0 Å². The van der Waals surface area contributed by atoms with Crippen molar-refractivity contribution < 1.29 is 0 Å². The third-order valence-electron chi connectivity index (χ3n) is 1.16. The van der Waals surface area contributed by atoms with E-state index in [1.165, 1.54) is 0 Å². The highest BCUT2D eigenvalue weighted by Gasteiger charge is 1.97. The zero-order valence-corrected chi connectivity index (χ0v) is 7.18. The van der Waals surface area contributed by atoms with Crippen LogP contribution in [0.2, 0.25) is 0 Å². The van der Waals surface area contributed by atoms with Crippen LogP contribution in [-0.2, 0) is 0 Å². The Morgan fingerprint density at radius 3 is 2.40 bits per heavy atom. The number of rotatable bonds is 3. The Bertz CT molecular complexity index is 134. The van der Waals surface area contributed by atoms with Gasteiger partial charge >= 0.3 is 0 Å². The van der Waals surface area contributed by atoms with Crippen molar-refractivity contribution in [3.63, 3.8) is 0 Å². The topological polar surface area (TPSA) is 24.4 Å². The Labute approximate surface area is 63.0 Å². The lowest BCUT2D eigenvalue weighted by molar-refractivity contribution is 0.747. The predicted molar refractivity (Wildman–Crippen MR) is 46.1 cm³/mol. The third-order valence-corrected chi connectivity index (χ3v) is 1.16. The van der Waals surface area contributed by atoms with E-state index in [2.05, 4.69) is 24.2 Å². The number of nitrogens with zero attached hydrogens (tertiary/aromatic N) is 1. The maximum Gasteiger partial charge on any atom is 0.0581 e. The maximum atomic E-state index is 4.19. The first kappa shape index (κ1) is 9.21.